The molecule has 0 unspecified atom stereocenters. The average molecular weight is 250 g/mol. The number of carboxylic acid groups (broad SMARTS) is 1. The largest absolute Gasteiger partial charge is 0.480 e. The number of imide groups is 1. The minimum Gasteiger partial charge on any atom is -0.480 e. The molecule has 0 rings (SSSR count). The number of thioether (sulfide) groups is 1. The SMILES string of the molecule is CCOC(=O)NC(=O)CSC[C@@H](N)C(=O)O. The number of carbonyl (C=O) groups is 3. The molecule has 0 saturated carbocycles. The first-order chi connectivity index (χ1) is 7.47. The molecule has 2 amide bonds. The van der Waals surface area contributed by atoms with E-state index in [1.54, 1.807) is 6.92 Å². The van der Waals surface area contributed by atoms with E-state index < -0.39 is 24.0 Å². The van der Waals surface area contributed by atoms with Crippen molar-refractivity contribution >= 4 is 29.7 Å². The molecule has 0 aliphatic rings. The second-order valence-electron chi connectivity index (χ2n) is 2.73. The standard InChI is InChI=1S/C8H14N2O5S/c1-2-15-8(14)10-6(11)4-16-3-5(9)7(12)13/h5H,2-4,9H2,1H3,(H,12,13)(H,10,11,14)/t5-/m1/s1. The third-order valence-corrected chi connectivity index (χ3v) is 2.43. The summed E-state index contributed by atoms with van der Waals surface area (Å²) in [6.07, 6.45) is -0.810. The van der Waals surface area contributed by atoms with E-state index in [9.17, 15) is 14.4 Å². The molecule has 0 saturated heterocycles. The molecule has 0 fully saturated rings. The van der Waals surface area contributed by atoms with Crippen LogP contribution in [0, 0.1) is 0 Å². The molecule has 0 aromatic rings. The first-order valence-electron chi connectivity index (χ1n) is 4.50. The number of ether oxygens (including phenoxy) is 1. The average Bonchev–Trinajstić information content (AvgIpc) is 2.17. The van der Waals surface area contributed by atoms with E-state index in [1.807, 2.05) is 5.32 Å². The van der Waals surface area contributed by atoms with E-state index >= 15 is 0 Å². The Morgan fingerprint density at radius 1 is 1.50 bits per heavy atom. The normalized spacial score (nSPS) is 11.6. The van der Waals surface area contributed by atoms with Gasteiger partial charge in [-0.15, -0.1) is 11.8 Å². The highest BCUT2D eigenvalue weighted by molar-refractivity contribution is 8.00. The van der Waals surface area contributed by atoms with Crippen LogP contribution in [0.25, 0.3) is 0 Å². The third kappa shape index (κ3) is 7.07. The van der Waals surface area contributed by atoms with Crippen molar-refractivity contribution in [1.82, 2.24) is 5.32 Å². The predicted molar refractivity (Wildman–Crippen MR) is 58.1 cm³/mol. The second kappa shape index (κ2) is 7.94. The summed E-state index contributed by atoms with van der Waals surface area (Å²) in [6.45, 7) is 1.79. The number of hydrogen-bond donors (Lipinski definition) is 3. The van der Waals surface area contributed by atoms with Gasteiger partial charge in [-0.3, -0.25) is 14.9 Å². The zero-order valence-corrected chi connectivity index (χ0v) is 9.58. The van der Waals surface area contributed by atoms with Crippen LogP contribution in [0.3, 0.4) is 0 Å². The zero-order chi connectivity index (χ0) is 12.6. The maximum Gasteiger partial charge on any atom is 0.413 e. The maximum atomic E-state index is 11.1. The first kappa shape index (κ1) is 14.7. The number of aliphatic carboxylic acids is 1. The number of amides is 2. The number of alkyl carbamates (subject to hydrolysis) is 1. The van der Waals surface area contributed by atoms with Crippen LogP contribution < -0.4 is 11.1 Å². The van der Waals surface area contributed by atoms with Gasteiger partial charge in [0.15, 0.2) is 0 Å². The molecule has 0 radical (unpaired) electrons. The van der Waals surface area contributed by atoms with E-state index in [0.717, 1.165) is 11.8 Å². The van der Waals surface area contributed by atoms with Gasteiger partial charge in [0.1, 0.15) is 6.04 Å². The number of nitrogens with two attached hydrogens (primary N) is 1. The molecule has 1 atom stereocenters. The highest BCUT2D eigenvalue weighted by Crippen LogP contribution is 2.01. The molecule has 16 heavy (non-hydrogen) atoms. The van der Waals surface area contributed by atoms with Crippen molar-refractivity contribution in [3.8, 4) is 0 Å². The van der Waals surface area contributed by atoms with Crippen molar-refractivity contribution in [3.63, 3.8) is 0 Å². The monoisotopic (exact) mass is 250 g/mol. The van der Waals surface area contributed by atoms with Gasteiger partial charge >= 0.3 is 12.1 Å². The lowest BCUT2D eigenvalue weighted by Gasteiger charge is -2.06. The summed E-state index contributed by atoms with van der Waals surface area (Å²) < 4.78 is 4.48. The molecular weight excluding hydrogens is 236 g/mol. The number of hydrogen-bond acceptors (Lipinski definition) is 6. The van der Waals surface area contributed by atoms with Gasteiger partial charge in [-0.05, 0) is 6.92 Å². The van der Waals surface area contributed by atoms with Crippen LogP contribution in [-0.4, -0.2) is 47.2 Å². The van der Waals surface area contributed by atoms with Crippen LogP contribution in [0.4, 0.5) is 4.79 Å². The Morgan fingerprint density at radius 2 is 2.12 bits per heavy atom. The molecule has 92 valence electrons. The molecule has 0 aliphatic heterocycles. The van der Waals surface area contributed by atoms with Crippen molar-refractivity contribution < 1.29 is 24.2 Å². The number of nitrogens with one attached hydrogen (secondary N) is 1. The summed E-state index contributed by atoms with van der Waals surface area (Å²) in [7, 11) is 0. The summed E-state index contributed by atoms with van der Waals surface area (Å²) >= 11 is 1.03. The van der Waals surface area contributed by atoms with Gasteiger partial charge in [0, 0.05) is 5.75 Å². The fourth-order valence-electron chi connectivity index (χ4n) is 0.667. The van der Waals surface area contributed by atoms with E-state index in [-0.39, 0.29) is 18.1 Å². The molecule has 0 spiro atoms. The van der Waals surface area contributed by atoms with Gasteiger partial charge < -0.3 is 15.6 Å². The fraction of sp³-hybridized carbons (Fsp3) is 0.625. The molecule has 8 heteroatoms. The molecule has 4 N–H and O–H groups in total. The fourth-order valence-corrected chi connectivity index (χ4v) is 1.44. The van der Waals surface area contributed by atoms with Gasteiger partial charge in [-0.2, -0.15) is 0 Å². The quantitative estimate of drug-likeness (QED) is 0.576. The Kier molecular flexibility index (Phi) is 7.31. The lowest BCUT2D eigenvalue weighted by molar-refractivity contribution is -0.138. The van der Waals surface area contributed by atoms with E-state index in [2.05, 4.69) is 4.74 Å². The Bertz CT molecular complexity index is 271. The van der Waals surface area contributed by atoms with Gasteiger partial charge in [0.05, 0.1) is 12.4 Å². The molecule has 0 aliphatic carbocycles. The number of rotatable bonds is 6. The van der Waals surface area contributed by atoms with Crippen LogP contribution in [0.1, 0.15) is 6.92 Å². The zero-order valence-electron chi connectivity index (χ0n) is 8.76. The van der Waals surface area contributed by atoms with Gasteiger partial charge in [-0.25, -0.2) is 4.79 Å². The Morgan fingerprint density at radius 3 is 2.62 bits per heavy atom. The van der Waals surface area contributed by atoms with Crippen molar-refractivity contribution in [3.05, 3.63) is 0 Å². The van der Waals surface area contributed by atoms with Crippen molar-refractivity contribution in [1.29, 1.82) is 0 Å². The van der Waals surface area contributed by atoms with Crippen LogP contribution in [0.5, 0.6) is 0 Å². The smallest absolute Gasteiger partial charge is 0.413 e. The Hall–Kier alpha value is -1.28. The van der Waals surface area contributed by atoms with Crippen molar-refractivity contribution in [2.75, 3.05) is 18.1 Å². The second-order valence-corrected chi connectivity index (χ2v) is 3.76. The van der Waals surface area contributed by atoms with Gasteiger partial charge in [0.2, 0.25) is 5.91 Å². The molecule has 0 heterocycles. The minimum absolute atomic E-state index is 0.0419. The molecule has 7 nitrogen and oxygen atoms in total. The number of carboxylic acids is 1. The lowest BCUT2D eigenvalue weighted by Crippen LogP contribution is -2.35. The molecule has 0 bridgehead atoms. The Labute approximate surface area is 96.7 Å². The third-order valence-electron chi connectivity index (χ3n) is 1.36. The topological polar surface area (TPSA) is 119 Å². The maximum absolute atomic E-state index is 11.1. The highest BCUT2D eigenvalue weighted by atomic mass is 32.2. The first-order valence-corrected chi connectivity index (χ1v) is 5.65. The lowest BCUT2D eigenvalue weighted by atomic mass is 10.4. The van der Waals surface area contributed by atoms with Gasteiger partial charge in [-0.1, -0.05) is 0 Å². The predicted octanol–water partition coefficient (Wildman–Crippen LogP) is -0.596. The minimum atomic E-state index is -1.13. The van der Waals surface area contributed by atoms with Crippen LogP contribution in [0.2, 0.25) is 0 Å². The van der Waals surface area contributed by atoms with Crippen molar-refractivity contribution in [2.45, 2.75) is 13.0 Å². The Balaban J connectivity index is 3.66. The van der Waals surface area contributed by atoms with Crippen molar-refractivity contribution in [2.24, 2.45) is 5.73 Å². The molecule has 0 aromatic carbocycles. The summed E-state index contributed by atoms with van der Waals surface area (Å²) in [5.41, 5.74) is 5.21. The summed E-state index contributed by atoms with van der Waals surface area (Å²) in [5, 5.41) is 10.4. The van der Waals surface area contributed by atoms with Gasteiger partial charge in [0.25, 0.3) is 0 Å². The van der Waals surface area contributed by atoms with Crippen LogP contribution in [0.15, 0.2) is 0 Å². The molecule has 0 aromatic heterocycles. The summed E-state index contributed by atoms with van der Waals surface area (Å²) in [6, 6.07) is -1.01. The van der Waals surface area contributed by atoms with Crippen LogP contribution in [-0.2, 0) is 14.3 Å². The van der Waals surface area contributed by atoms with E-state index in [0.29, 0.717) is 0 Å². The molecular formula is C8H14N2O5S. The summed E-state index contributed by atoms with van der Waals surface area (Å²) in [4.78, 5) is 32.2. The highest BCUT2D eigenvalue weighted by Gasteiger charge is 2.13. The van der Waals surface area contributed by atoms with Crippen LogP contribution >= 0.6 is 11.8 Å². The number of carbonyl (C=O) groups excluding carboxylic acids is 2. The summed E-state index contributed by atoms with van der Waals surface area (Å²) in [5.74, 6) is -1.61. The van der Waals surface area contributed by atoms with E-state index in [1.165, 1.54) is 0 Å². The van der Waals surface area contributed by atoms with E-state index in [4.69, 9.17) is 10.8 Å².